The average molecular weight is 211 g/mol. The van der Waals surface area contributed by atoms with Crippen LogP contribution in [-0.2, 0) is 0 Å². The van der Waals surface area contributed by atoms with Crippen LogP contribution in [0.3, 0.4) is 0 Å². The van der Waals surface area contributed by atoms with Gasteiger partial charge in [-0.1, -0.05) is 56.3 Å². The lowest BCUT2D eigenvalue weighted by atomic mass is 9.97. The van der Waals surface area contributed by atoms with E-state index >= 15 is 0 Å². The molecule has 1 aliphatic rings. The van der Waals surface area contributed by atoms with Crippen LogP contribution in [0.2, 0.25) is 0 Å². The molecule has 1 fully saturated rings. The molecular weight excluding hydrogens is 194 g/mol. The molecule has 82 valence electrons. The first kappa shape index (κ1) is 9.86. The topological polar surface area (TPSA) is 26.0 Å². The molecular formula is C15H17N. The summed E-state index contributed by atoms with van der Waals surface area (Å²) in [6, 6.07) is 15.4. The molecule has 2 atom stereocenters. The van der Waals surface area contributed by atoms with Crippen molar-refractivity contribution in [2.24, 2.45) is 11.1 Å². The van der Waals surface area contributed by atoms with Crippen LogP contribution in [0.5, 0.6) is 0 Å². The molecule has 0 spiro atoms. The van der Waals surface area contributed by atoms with Gasteiger partial charge < -0.3 is 5.73 Å². The second kappa shape index (κ2) is 3.08. The third-order valence-electron chi connectivity index (χ3n) is 4.07. The highest BCUT2D eigenvalue weighted by Crippen LogP contribution is 2.58. The van der Waals surface area contributed by atoms with Crippen LogP contribution < -0.4 is 5.73 Å². The lowest BCUT2D eigenvalue weighted by Crippen LogP contribution is -2.06. The van der Waals surface area contributed by atoms with Crippen molar-refractivity contribution in [1.29, 1.82) is 0 Å². The van der Waals surface area contributed by atoms with Gasteiger partial charge in [0.25, 0.3) is 0 Å². The van der Waals surface area contributed by atoms with E-state index in [2.05, 4.69) is 56.3 Å². The number of fused-ring (bicyclic) bond motifs is 1. The summed E-state index contributed by atoms with van der Waals surface area (Å²) in [5, 5.41) is 2.67. The monoisotopic (exact) mass is 211 g/mol. The summed E-state index contributed by atoms with van der Waals surface area (Å²) in [4.78, 5) is 0. The van der Waals surface area contributed by atoms with Gasteiger partial charge in [-0.25, -0.2) is 0 Å². The molecule has 16 heavy (non-hydrogen) atoms. The minimum Gasteiger partial charge on any atom is -0.327 e. The number of rotatable bonds is 1. The molecule has 0 saturated heterocycles. The summed E-state index contributed by atoms with van der Waals surface area (Å²) in [5.41, 5.74) is 7.83. The SMILES string of the molecule is CC1(C)C(N)C1c1cccc2ccccc12. The molecule has 3 rings (SSSR count). The maximum atomic E-state index is 6.17. The Morgan fingerprint density at radius 3 is 2.31 bits per heavy atom. The predicted octanol–water partition coefficient (Wildman–Crippen LogP) is 3.29. The molecule has 2 N–H and O–H groups in total. The minimum atomic E-state index is 0.254. The molecule has 0 aromatic heterocycles. The number of nitrogens with two attached hydrogens (primary N) is 1. The molecule has 1 heteroatoms. The van der Waals surface area contributed by atoms with Gasteiger partial charge in [0.1, 0.15) is 0 Å². The fourth-order valence-electron chi connectivity index (χ4n) is 2.79. The van der Waals surface area contributed by atoms with Gasteiger partial charge >= 0.3 is 0 Å². The van der Waals surface area contributed by atoms with E-state index in [1.54, 1.807) is 0 Å². The van der Waals surface area contributed by atoms with E-state index in [0.717, 1.165) is 0 Å². The Labute approximate surface area is 96.3 Å². The third kappa shape index (κ3) is 1.21. The normalized spacial score (nSPS) is 26.9. The summed E-state index contributed by atoms with van der Waals surface area (Å²) < 4.78 is 0. The smallest absolute Gasteiger partial charge is 0.0172 e. The molecule has 2 aromatic carbocycles. The Morgan fingerprint density at radius 2 is 1.62 bits per heavy atom. The van der Waals surface area contributed by atoms with Crippen molar-refractivity contribution < 1.29 is 0 Å². The van der Waals surface area contributed by atoms with Crippen molar-refractivity contribution in [3.63, 3.8) is 0 Å². The molecule has 0 aliphatic heterocycles. The van der Waals surface area contributed by atoms with Crippen LogP contribution >= 0.6 is 0 Å². The van der Waals surface area contributed by atoms with E-state index < -0.39 is 0 Å². The van der Waals surface area contributed by atoms with Gasteiger partial charge in [0.2, 0.25) is 0 Å². The quantitative estimate of drug-likeness (QED) is 0.769. The summed E-state index contributed by atoms with van der Waals surface area (Å²) in [6.07, 6.45) is 0. The highest BCUT2D eigenvalue weighted by molar-refractivity contribution is 5.86. The molecule has 0 amide bonds. The van der Waals surface area contributed by atoms with Gasteiger partial charge in [-0.2, -0.15) is 0 Å². The van der Waals surface area contributed by atoms with E-state index in [0.29, 0.717) is 12.0 Å². The molecule has 1 nitrogen and oxygen atoms in total. The van der Waals surface area contributed by atoms with E-state index in [9.17, 15) is 0 Å². The molecule has 1 saturated carbocycles. The first-order chi connectivity index (χ1) is 7.62. The van der Waals surface area contributed by atoms with Gasteiger partial charge in [0.15, 0.2) is 0 Å². The van der Waals surface area contributed by atoms with E-state index in [1.165, 1.54) is 16.3 Å². The standard InChI is InChI=1S/C15H17N/c1-15(2)13(14(15)16)12-9-5-7-10-6-3-4-8-11(10)12/h3-9,13-14H,16H2,1-2H3. The van der Waals surface area contributed by atoms with Crippen molar-refractivity contribution in [3.8, 4) is 0 Å². The molecule has 0 bridgehead atoms. The average Bonchev–Trinajstić information content (AvgIpc) is 2.77. The lowest BCUT2D eigenvalue weighted by molar-refractivity contribution is 0.600. The fraction of sp³-hybridized carbons (Fsp3) is 0.333. The maximum Gasteiger partial charge on any atom is 0.0172 e. The van der Waals surface area contributed by atoms with Crippen molar-refractivity contribution in [2.45, 2.75) is 25.8 Å². The first-order valence-corrected chi connectivity index (χ1v) is 5.85. The Hall–Kier alpha value is -1.34. The van der Waals surface area contributed by atoms with Gasteiger partial charge in [0, 0.05) is 12.0 Å². The minimum absolute atomic E-state index is 0.254. The zero-order chi connectivity index (χ0) is 11.3. The van der Waals surface area contributed by atoms with E-state index in [1.807, 2.05) is 0 Å². The zero-order valence-electron chi connectivity index (χ0n) is 9.77. The fourth-order valence-corrected chi connectivity index (χ4v) is 2.79. The van der Waals surface area contributed by atoms with Crippen LogP contribution in [0.25, 0.3) is 10.8 Å². The summed E-state index contributed by atoms with van der Waals surface area (Å²) in [7, 11) is 0. The van der Waals surface area contributed by atoms with Gasteiger partial charge in [-0.3, -0.25) is 0 Å². The Kier molecular flexibility index (Phi) is 1.90. The van der Waals surface area contributed by atoms with Crippen molar-refractivity contribution in [1.82, 2.24) is 0 Å². The number of hydrogen-bond acceptors (Lipinski definition) is 1. The Balaban J connectivity index is 2.19. The van der Waals surface area contributed by atoms with Gasteiger partial charge in [-0.05, 0) is 21.8 Å². The molecule has 0 radical (unpaired) electrons. The summed E-state index contributed by atoms with van der Waals surface area (Å²) in [5.74, 6) is 0.513. The van der Waals surface area contributed by atoms with Gasteiger partial charge in [0.05, 0.1) is 0 Å². The van der Waals surface area contributed by atoms with Crippen molar-refractivity contribution in [2.75, 3.05) is 0 Å². The van der Waals surface area contributed by atoms with Crippen LogP contribution in [-0.4, -0.2) is 6.04 Å². The Bertz CT molecular complexity index is 537. The van der Waals surface area contributed by atoms with E-state index in [4.69, 9.17) is 5.73 Å². The zero-order valence-corrected chi connectivity index (χ0v) is 9.77. The highest BCUT2D eigenvalue weighted by Gasteiger charge is 2.56. The van der Waals surface area contributed by atoms with Crippen LogP contribution in [0.4, 0.5) is 0 Å². The first-order valence-electron chi connectivity index (χ1n) is 5.85. The summed E-state index contributed by atoms with van der Waals surface area (Å²) in [6.45, 7) is 4.51. The van der Waals surface area contributed by atoms with Crippen LogP contribution in [0.15, 0.2) is 42.5 Å². The molecule has 2 unspecified atom stereocenters. The van der Waals surface area contributed by atoms with Crippen LogP contribution in [0, 0.1) is 5.41 Å². The van der Waals surface area contributed by atoms with E-state index in [-0.39, 0.29) is 5.41 Å². The third-order valence-corrected chi connectivity index (χ3v) is 4.07. The second-order valence-electron chi connectivity index (χ2n) is 5.39. The van der Waals surface area contributed by atoms with Crippen LogP contribution in [0.1, 0.15) is 25.3 Å². The lowest BCUT2D eigenvalue weighted by Gasteiger charge is -2.07. The Morgan fingerprint density at radius 1 is 1.00 bits per heavy atom. The molecule has 2 aromatic rings. The number of benzene rings is 2. The van der Waals surface area contributed by atoms with Crippen molar-refractivity contribution >= 4 is 10.8 Å². The predicted molar refractivity (Wildman–Crippen MR) is 68.4 cm³/mol. The number of hydrogen-bond donors (Lipinski definition) is 1. The molecule has 0 heterocycles. The molecule has 1 aliphatic carbocycles. The highest BCUT2D eigenvalue weighted by atomic mass is 14.8. The summed E-state index contributed by atoms with van der Waals surface area (Å²) >= 11 is 0. The largest absolute Gasteiger partial charge is 0.327 e. The van der Waals surface area contributed by atoms with Gasteiger partial charge in [-0.15, -0.1) is 0 Å². The second-order valence-corrected chi connectivity index (χ2v) is 5.39. The maximum absolute atomic E-state index is 6.17. The van der Waals surface area contributed by atoms with Crippen molar-refractivity contribution in [3.05, 3.63) is 48.0 Å².